The zero-order valence-electron chi connectivity index (χ0n) is 14.9. The molecule has 1 aliphatic rings. The molecule has 0 saturated heterocycles. The summed E-state index contributed by atoms with van der Waals surface area (Å²) in [5, 5.41) is 11.6. The Labute approximate surface area is 161 Å². The molecule has 0 aliphatic carbocycles. The van der Waals surface area contributed by atoms with Crippen LogP contribution < -0.4 is 16.2 Å². The van der Waals surface area contributed by atoms with E-state index in [1.54, 1.807) is 0 Å². The van der Waals surface area contributed by atoms with E-state index in [2.05, 4.69) is 23.2 Å². The topological polar surface area (TPSA) is 98.0 Å². The number of anilines is 2. The number of nitriles is 1. The van der Waals surface area contributed by atoms with Crippen LogP contribution in [0.2, 0.25) is 0 Å². The van der Waals surface area contributed by atoms with Crippen LogP contribution in [0.1, 0.15) is 28.2 Å². The van der Waals surface area contributed by atoms with Crippen LogP contribution in [0.5, 0.6) is 11.6 Å². The van der Waals surface area contributed by atoms with Gasteiger partial charge in [-0.15, -0.1) is 0 Å². The fraction of sp³-hybridized carbons (Fsp3) is 0.0435. The predicted octanol–water partition coefficient (Wildman–Crippen LogP) is 4.56. The summed E-state index contributed by atoms with van der Waals surface area (Å²) >= 11 is 0. The number of fused-ring (bicyclic) bond motifs is 4. The third-order valence-electron chi connectivity index (χ3n) is 5.22. The molecule has 1 unspecified atom stereocenters. The highest BCUT2D eigenvalue weighted by molar-refractivity contribution is 5.91. The average Bonchev–Trinajstić information content (AvgIpc) is 2.73. The predicted molar refractivity (Wildman–Crippen MR) is 109 cm³/mol. The van der Waals surface area contributed by atoms with Gasteiger partial charge in [0, 0.05) is 16.9 Å². The van der Waals surface area contributed by atoms with Gasteiger partial charge in [-0.3, -0.25) is 0 Å². The highest BCUT2D eigenvalue weighted by Crippen LogP contribution is 2.51. The maximum atomic E-state index is 9.50. The van der Waals surface area contributed by atoms with Crippen LogP contribution in [0.3, 0.4) is 0 Å². The third-order valence-corrected chi connectivity index (χ3v) is 5.22. The van der Waals surface area contributed by atoms with Crippen LogP contribution in [0.25, 0.3) is 10.8 Å². The summed E-state index contributed by atoms with van der Waals surface area (Å²) in [7, 11) is 0. The minimum Gasteiger partial charge on any atom is -0.438 e. The molecule has 4 N–H and O–H groups in total. The lowest BCUT2D eigenvalue weighted by Gasteiger charge is -2.30. The molecule has 3 aromatic carbocycles. The molecule has 5 rings (SSSR count). The van der Waals surface area contributed by atoms with Gasteiger partial charge >= 0.3 is 0 Å². The van der Waals surface area contributed by atoms with Gasteiger partial charge in [-0.05, 0) is 10.9 Å². The van der Waals surface area contributed by atoms with Crippen LogP contribution in [-0.2, 0) is 0 Å². The Morgan fingerprint density at radius 3 is 2.46 bits per heavy atom. The molecule has 1 aromatic heterocycles. The molecule has 0 fully saturated rings. The molecule has 1 atom stereocenters. The van der Waals surface area contributed by atoms with Gasteiger partial charge in [0.05, 0.1) is 11.3 Å². The molecule has 0 spiro atoms. The molecule has 4 aromatic rings. The van der Waals surface area contributed by atoms with Crippen molar-refractivity contribution in [1.82, 2.24) is 4.98 Å². The lowest BCUT2D eigenvalue weighted by Crippen LogP contribution is -2.17. The monoisotopic (exact) mass is 364 g/mol. The standard InChI is InChI=1S/C23H16N4O/c24-12-17-20(25)19-18(14-7-2-1-3-8-14)16-11-10-13-6-4-5-9-15(13)21(16)28-23(19)27-22(17)26/h1-11,18H,(H4,25,26,27). The molecule has 28 heavy (non-hydrogen) atoms. The van der Waals surface area contributed by atoms with Gasteiger partial charge in [0.2, 0.25) is 5.88 Å². The van der Waals surface area contributed by atoms with Crippen LogP contribution in [0.15, 0.2) is 66.7 Å². The molecular weight excluding hydrogens is 348 g/mol. The second kappa shape index (κ2) is 6.00. The van der Waals surface area contributed by atoms with E-state index in [1.807, 2.05) is 54.6 Å². The van der Waals surface area contributed by atoms with E-state index >= 15 is 0 Å². The quantitative estimate of drug-likeness (QED) is 0.454. The fourth-order valence-electron chi connectivity index (χ4n) is 3.93. The molecule has 0 radical (unpaired) electrons. The van der Waals surface area contributed by atoms with E-state index in [9.17, 15) is 5.26 Å². The molecule has 134 valence electrons. The highest BCUT2D eigenvalue weighted by Gasteiger charge is 2.34. The fourth-order valence-corrected chi connectivity index (χ4v) is 3.93. The van der Waals surface area contributed by atoms with Crippen molar-refractivity contribution in [3.63, 3.8) is 0 Å². The Morgan fingerprint density at radius 1 is 0.929 bits per heavy atom. The van der Waals surface area contributed by atoms with E-state index < -0.39 is 0 Å². The number of nitrogen functional groups attached to an aromatic ring is 2. The van der Waals surface area contributed by atoms with Crippen molar-refractivity contribution in [1.29, 1.82) is 5.26 Å². The summed E-state index contributed by atoms with van der Waals surface area (Å²) in [5.74, 6) is 0.973. The van der Waals surface area contributed by atoms with Gasteiger partial charge in [-0.25, -0.2) is 0 Å². The lowest BCUT2D eigenvalue weighted by atomic mass is 9.81. The van der Waals surface area contributed by atoms with Crippen molar-refractivity contribution in [2.24, 2.45) is 0 Å². The number of rotatable bonds is 1. The zero-order chi connectivity index (χ0) is 19.3. The SMILES string of the molecule is N#Cc1c(N)nc2c(c1N)C(c1ccccc1)c1ccc3ccccc3c1O2. The van der Waals surface area contributed by atoms with Crippen molar-refractivity contribution in [3.8, 4) is 17.7 Å². The Balaban J connectivity index is 1.88. The summed E-state index contributed by atoms with van der Waals surface area (Å²) in [6.07, 6.45) is 0. The number of ether oxygens (including phenoxy) is 1. The van der Waals surface area contributed by atoms with Crippen LogP contribution >= 0.6 is 0 Å². The second-order valence-corrected chi connectivity index (χ2v) is 6.77. The molecule has 5 heteroatoms. The average molecular weight is 364 g/mol. The van der Waals surface area contributed by atoms with Crippen LogP contribution in [-0.4, -0.2) is 4.98 Å². The number of benzene rings is 3. The largest absolute Gasteiger partial charge is 0.438 e. The van der Waals surface area contributed by atoms with Gasteiger partial charge in [0.1, 0.15) is 23.2 Å². The molecule has 2 heterocycles. The molecule has 1 aliphatic heterocycles. The minimum absolute atomic E-state index is 0.0780. The first-order valence-electron chi connectivity index (χ1n) is 8.92. The number of pyridine rings is 1. The van der Waals surface area contributed by atoms with Gasteiger partial charge in [-0.1, -0.05) is 66.7 Å². The first kappa shape index (κ1) is 16.2. The molecule has 5 nitrogen and oxygen atoms in total. The normalized spacial score (nSPS) is 14.6. The van der Waals surface area contributed by atoms with Crippen LogP contribution in [0, 0.1) is 11.3 Å². The second-order valence-electron chi connectivity index (χ2n) is 6.77. The molecule has 0 saturated carbocycles. The summed E-state index contributed by atoms with van der Waals surface area (Å²) < 4.78 is 6.22. The van der Waals surface area contributed by atoms with E-state index in [-0.39, 0.29) is 17.3 Å². The van der Waals surface area contributed by atoms with Gasteiger partial charge in [0.15, 0.2) is 0 Å². The smallest absolute Gasteiger partial charge is 0.227 e. The molecular formula is C23H16N4O. The maximum Gasteiger partial charge on any atom is 0.227 e. The highest BCUT2D eigenvalue weighted by atomic mass is 16.5. The van der Waals surface area contributed by atoms with Crippen molar-refractivity contribution >= 4 is 22.3 Å². The number of aromatic nitrogens is 1. The number of nitrogens with zero attached hydrogens (tertiary/aromatic N) is 2. The third kappa shape index (κ3) is 2.22. The number of hydrogen-bond donors (Lipinski definition) is 2. The lowest BCUT2D eigenvalue weighted by molar-refractivity contribution is 0.440. The number of hydrogen-bond acceptors (Lipinski definition) is 5. The molecule has 0 amide bonds. The molecule has 0 bridgehead atoms. The summed E-state index contributed by atoms with van der Waals surface area (Å²) in [6, 6.07) is 24.3. The van der Waals surface area contributed by atoms with Gasteiger partial charge < -0.3 is 16.2 Å². The van der Waals surface area contributed by atoms with Crippen LogP contribution in [0.4, 0.5) is 11.5 Å². The first-order valence-corrected chi connectivity index (χ1v) is 8.92. The van der Waals surface area contributed by atoms with Crippen molar-refractivity contribution in [3.05, 3.63) is 89.0 Å². The Hall–Kier alpha value is -4.04. The van der Waals surface area contributed by atoms with Crippen molar-refractivity contribution in [2.75, 3.05) is 11.5 Å². The summed E-state index contributed by atoms with van der Waals surface area (Å²) in [4.78, 5) is 4.38. The van der Waals surface area contributed by atoms with Crippen molar-refractivity contribution in [2.45, 2.75) is 5.92 Å². The first-order chi connectivity index (χ1) is 13.7. The van der Waals surface area contributed by atoms with Gasteiger partial charge in [0.25, 0.3) is 0 Å². The van der Waals surface area contributed by atoms with E-state index in [0.717, 1.165) is 27.6 Å². The minimum atomic E-state index is -0.204. The summed E-state index contributed by atoms with van der Waals surface area (Å²) in [5.41, 5.74) is 15.6. The van der Waals surface area contributed by atoms with E-state index in [4.69, 9.17) is 16.2 Å². The van der Waals surface area contributed by atoms with E-state index in [1.165, 1.54) is 0 Å². The van der Waals surface area contributed by atoms with Gasteiger partial charge in [-0.2, -0.15) is 10.2 Å². The zero-order valence-corrected chi connectivity index (χ0v) is 14.9. The maximum absolute atomic E-state index is 9.50. The Kier molecular flexibility index (Phi) is 3.46. The Morgan fingerprint density at radius 2 is 1.68 bits per heavy atom. The van der Waals surface area contributed by atoms with E-state index in [0.29, 0.717) is 17.1 Å². The summed E-state index contributed by atoms with van der Waals surface area (Å²) in [6.45, 7) is 0. The van der Waals surface area contributed by atoms with Crippen molar-refractivity contribution < 1.29 is 4.74 Å². The Bertz CT molecular complexity index is 1280. The number of nitrogens with two attached hydrogens (primary N) is 2.